The normalized spacial score (nSPS) is 18.6. The fourth-order valence-corrected chi connectivity index (χ4v) is 4.32. The number of aryl methyl sites for hydroxylation is 1. The fraction of sp³-hybridized carbons (Fsp3) is 0.524. The molecule has 1 aliphatic carbocycles. The Balaban J connectivity index is 1.29. The van der Waals surface area contributed by atoms with E-state index in [1.54, 1.807) is 6.33 Å². The number of piperazine rings is 1. The Morgan fingerprint density at radius 1 is 1.07 bits per heavy atom. The van der Waals surface area contributed by atoms with E-state index >= 15 is 0 Å². The van der Waals surface area contributed by atoms with Gasteiger partial charge in [0.1, 0.15) is 12.4 Å². The van der Waals surface area contributed by atoms with Crippen LogP contribution in [0.2, 0.25) is 0 Å². The van der Waals surface area contributed by atoms with Crippen LogP contribution in [0.5, 0.6) is 5.88 Å². The summed E-state index contributed by atoms with van der Waals surface area (Å²) in [6, 6.07) is 6.44. The molecule has 2 aromatic heterocycles. The van der Waals surface area contributed by atoms with Gasteiger partial charge in [0, 0.05) is 45.5 Å². The van der Waals surface area contributed by atoms with E-state index in [0.29, 0.717) is 6.10 Å². The van der Waals surface area contributed by atoms with E-state index in [2.05, 4.69) is 48.3 Å². The molecule has 1 aromatic carbocycles. The van der Waals surface area contributed by atoms with Gasteiger partial charge < -0.3 is 9.64 Å². The molecule has 29 heavy (non-hydrogen) atoms. The van der Waals surface area contributed by atoms with Crippen molar-refractivity contribution in [1.82, 2.24) is 29.9 Å². The molecule has 3 aromatic rings. The zero-order valence-corrected chi connectivity index (χ0v) is 16.9. The van der Waals surface area contributed by atoms with Gasteiger partial charge in [0.15, 0.2) is 0 Å². The molecule has 2 fully saturated rings. The van der Waals surface area contributed by atoms with Gasteiger partial charge >= 0.3 is 0 Å². The molecular formula is C21H27N7O. The fourth-order valence-electron chi connectivity index (χ4n) is 4.32. The highest BCUT2D eigenvalue weighted by Gasteiger charge is 2.21. The van der Waals surface area contributed by atoms with Gasteiger partial charge in [0.05, 0.1) is 22.8 Å². The van der Waals surface area contributed by atoms with Gasteiger partial charge in [-0.2, -0.15) is 0 Å². The summed E-state index contributed by atoms with van der Waals surface area (Å²) in [6.07, 6.45) is 8.50. The topological polar surface area (TPSA) is 72.2 Å². The van der Waals surface area contributed by atoms with Crippen molar-refractivity contribution in [3.63, 3.8) is 0 Å². The van der Waals surface area contributed by atoms with Gasteiger partial charge in [0.2, 0.25) is 5.88 Å². The van der Waals surface area contributed by atoms with E-state index in [9.17, 15) is 0 Å². The lowest BCUT2D eigenvalue weighted by molar-refractivity contribution is 0.204. The summed E-state index contributed by atoms with van der Waals surface area (Å²) >= 11 is 0. The van der Waals surface area contributed by atoms with Crippen molar-refractivity contribution in [2.75, 3.05) is 31.1 Å². The van der Waals surface area contributed by atoms with Crippen molar-refractivity contribution in [3.05, 3.63) is 36.4 Å². The number of nitrogens with zero attached hydrogens (tertiary/aromatic N) is 7. The molecule has 0 unspecified atom stereocenters. The maximum Gasteiger partial charge on any atom is 0.224 e. The number of benzene rings is 1. The quantitative estimate of drug-likeness (QED) is 0.659. The average molecular weight is 393 g/mol. The predicted molar refractivity (Wildman–Crippen MR) is 111 cm³/mol. The van der Waals surface area contributed by atoms with Gasteiger partial charge in [0.25, 0.3) is 0 Å². The molecule has 2 aliphatic rings. The highest BCUT2D eigenvalue weighted by Crippen LogP contribution is 2.30. The molecule has 3 heterocycles. The van der Waals surface area contributed by atoms with Crippen LogP contribution in [0.15, 0.2) is 30.7 Å². The molecule has 8 nitrogen and oxygen atoms in total. The Kier molecular flexibility index (Phi) is 5.01. The van der Waals surface area contributed by atoms with Crippen molar-refractivity contribution in [1.29, 1.82) is 0 Å². The molecule has 0 bridgehead atoms. The summed E-state index contributed by atoms with van der Waals surface area (Å²) in [4.78, 5) is 13.8. The van der Waals surface area contributed by atoms with E-state index in [1.807, 2.05) is 17.9 Å². The molecule has 1 aliphatic heterocycles. The minimum absolute atomic E-state index is 0.293. The van der Waals surface area contributed by atoms with Crippen LogP contribution in [0.3, 0.4) is 0 Å². The van der Waals surface area contributed by atoms with Gasteiger partial charge in [-0.15, -0.1) is 5.10 Å². The van der Waals surface area contributed by atoms with Crippen LogP contribution in [-0.4, -0.2) is 62.1 Å². The Bertz CT molecular complexity index is 974. The molecule has 0 amide bonds. The first-order valence-corrected chi connectivity index (χ1v) is 10.5. The first-order chi connectivity index (χ1) is 14.3. The molecule has 0 N–H and O–H groups in total. The van der Waals surface area contributed by atoms with E-state index < -0.39 is 0 Å². The number of hydrogen-bond donors (Lipinski definition) is 0. The SMILES string of the molecule is Cn1nncc1CN1CCN(c2ccc3ncnc(OC4CCCC4)c3c2)CC1. The molecule has 1 saturated carbocycles. The van der Waals surface area contributed by atoms with Crippen LogP contribution in [0.4, 0.5) is 5.69 Å². The monoisotopic (exact) mass is 393 g/mol. The summed E-state index contributed by atoms with van der Waals surface area (Å²) in [5, 5.41) is 9.01. The van der Waals surface area contributed by atoms with Crippen molar-refractivity contribution in [2.45, 2.75) is 38.3 Å². The molecule has 0 spiro atoms. The van der Waals surface area contributed by atoms with Crippen molar-refractivity contribution in [2.24, 2.45) is 7.05 Å². The Morgan fingerprint density at radius 3 is 2.66 bits per heavy atom. The number of anilines is 1. The number of rotatable bonds is 5. The lowest BCUT2D eigenvalue weighted by atomic mass is 10.1. The van der Waals surface area contributed by atoms with Crippen molar-refractivity contribution in [3.8, 4) is 5.88 Å². The largest absolute Gasteiger partial charge is 0.474 e. The van der Waals surface area contributed by atoms with E-state index in [0.717, 1.165) is 68.0 Å². The summed E-state index contributed by atoms with van der Waals surface area (Å²) in [5.74, 6) is 0.728. The summed E-state index contributed by atoms with van der Waals surface area (Å²) in [6.45, 7) is 4.90. The molecule has 0 atom stereocenters. The third-order valence-electron chi connectivity index (χ3n) is 6.09. The third-order valence-corrected chi connectivity index (χ3v) is 6.09. The zero-order chi connectivity index (χ0) is 19.6. The standard InChI is InChI=1S/C21H27N7O/c1-26-17(13-24-25-26)14-27-8-10-28(11-9-27)16-6-7-20-19(12-16)21(23-15-22-20)29-18-4-2-3-5-18/h6-7,12-13,15,18H,2-5,8-11,14H2,1H3. The van der Waals surface area contributed by atoms with E-state index in [-0.39, 0.29) is 0 Å². The number of aromatic nitrogens is 5. The van der Waals surface area contributed by atoms with Gasteiger partial charge in [-0.05, 0) is 43.9 Å². The smallest absolute Gasteiger partial charge is 0.224 e. The third kappa shape index (κ3) is 3.89. The average Bonchev–Trinajstić information content (AvgIpc) is 3.41. The van der Waals surface area contributed by atoms with E-state index in [1.165, 1.54) is 18.5 Å². The first-order valence-electron chi connectivity index (χ1n) is 10.5. The molecule has 152 valence electrons. The lowest BCUT2D eigenvalue weighted by Crippen LogP contribution is -2.46. The lowest BCUT2D eigenvalue weighted by Gasteiger charge is -2.36. The Morgan fingerprint density at radius 2 is 1.90 bits per heavy atom. The van der Waals surface area contributed by atoms with Gasteiger partial charge in [-0.3, -0.25) is 9.58 Å². The number of ether oxygens (including phenoxy) is 1. The van der Waals surface area contributed by atoms with Crippen LogP contribution >= 0.6 is 0 Å². The van der Waals surface area contributed by atoms with Crippen LogP contribution in [0, 0.1) is 0 Å². The second-order valence-corrected chi connectivity index (χ2v) is 8.02. The summed E-state index contributed by atoms with van der Waals surface area (Å²) in [7, 11) is 1.95. The summed E-state index contributed by atoms with van der Waals surface area (Å²) < 4.78 is 8.07. The first kappa shape index (κ1) is 18.3. The molecule has 0 radical (unpaired) electrons. The highest BCUT2D eigenvalue weighted by atomic mass is 16.5. The molecule has 1 saturated heterocycles. The summed E-state index contributed by atoms with van der Waals surface area (Å²) in [5.41, 5.74) is 3.31. The maximum absolute atomic E-state index is 6.23. The predicted octanol–water partition coefficient (Wildman–Crippen LogP) is 2.40. The van der Waals surface area contributed by atoms with Crippen LogP contribution in [0.1, 0.15) is 31.4 Å². The molecule has 5 rings (SSSR count). The van der Waals surface area contributed by atoms with Crippen molar-refractivity contribution >= 4 is 16.6 Å². The van der Waals surface area contributed by atoms with Gasteiger partial charge in [-0.25, -0.2) is 9.97 Å². The minimum atomic E-state index is 0.293. The zero-order valence-electron chi connectivity index (χ0n) is 16.9. The molecule has 8 heteroatoms. The second kappa shape index (κ2) is 7.94. The van der Waals surface area contributed by atoms with Crippen LogP contribution in [0.25, 0.3) is 10.9 Å². The van der Waals surface area contributed by atoms with E-state index in [4.69, 9.17) is 4.74 Å². The van der Waals surface area contributed by atoms with Crippen LogP contribution in [-0.2, 0) is 13.6 Å². The second-order valence-electron chi connectivity index (χ2n) is 8.02. The van der Waals surface area contributed by atoms with Gasteiger partial charge in [-0.1, -0.05) is 5.21 Å². The number of hydrogen-bond acceptors (Lipinski definition) is 7. The highest BCUT2D eigenvalue weighted by molar-refractivity contribution is 5.86. The minimum Gasteiger partial charge on any atom is -0.474 e. The Hall–Kier alpha value is -2.74. The number of fused-ring (bicyclic) bond motifs is 1. The Labute approximate surface area is 170 Å². The van der Waals surface area contributed by atoms with Crippen LogP contribution < -0.4 is 9.64 Å². The molecular weight excluding hydrogens is 366 g/mol. The van der Waals surface area contributed by atoms with Crippen molar-refractivity contribution < 1.29 is 4.74 Å². The maximum atomic E-state index is 6.23.